The van der Waals surface area contributed by atoms with Gasteiger partial charge in [0.05, 0.1) is 17.0 Å². The van der Waals surface area contributed by atoms with Gasteiger partial charge in [-0.2, -0.15) is 0 Å². The zero-order chi connectivity index (χ0) is 16.2. The van der Waals surface area contributed by atoms with Crippen molar-refractivity contribution < 1.29 is 14.5 Å². The fourth-order valence-corrected chi connectivity index (χ4v) is 2.01. The molecule has 3 aromatic rings. The number of benzene rings is 2. The molecule has 23 heavy (non-hydrogen) atoms. The number of rotatable bonds is 4. The molecule has 0 N–H and O–H groups in total. The van der Waals surface area contributed by atoms with Crippen molar-refractivity contribution in [1.82, 2.24) is 9.78 Å². The molecule has 0 saturated carbocycles. The lowest BCUT2D eigenvalue weighted by Crippen LogP contribution is -2.09. The van der Waals surface area contributed by atoms with Gasteiger partial charge in [-0.15, -0.1) is 4.68 Å². The van der Waals surface area contributed by atoms with Gasteiger partial charge in [-0.25, -0.2) is 4.79 Å². The maximum absolute atomic E-state index is 12.2. The third-order valence-electron chi connectivity index (χ3n) is 3.06. The minimum atomic E-state index is -0.829. The number of nitrogens with zero attached hydrogens (tertiary/aromatic N) is 3. The number of esters is 1. The van der Waals surface area contributed by atoms with Crippen molar-refractivity contribution in [3.05, 3.63) is 82.5 Å². The third kappa shape index (κ3) is 3.08. The first-order valence-corrected chi connectivity index (χ1v) is 6.72. The Balaban J connectivity index is 1.96. The minimum Gasteiger partial charge on any atom is -0.423 e. The summed E-state index contributed by atoms with van der Waals surface area (Å²) in [4.78, 5) is 22.6. The molecule has 0 aliphatic rings. The van der Waals surface area contributed by atoms with Gasteiger partial charge in [0.15, 0.2) is 5.56 Å². The van der Waals surface area contributed by atoms with Crippen molar-refractivity contribution in [2.24, 2.45) is 0 Å². The zero-order valence-corrected chi connectivity index (χ0v) is 11.8. The largest absolute Gasteiger partial charge is 0.423 e. The standard InChI is InChI=1S/C16H11N3O4/c20-16(23-13-9-5-2-6-10-13)14-11-18(17-15(14)19(21)22)12-7-3-1-4-8-12/h1-11H. The number of carbonyl (C=O) groups excluding carboxylic acids is 1. The van der Waals surface area contributed by atoms with Crippen molar-refractivity contribution in [2.75, 3.05) is 0 Å². The molecule has 0 unspecified atom stereocenters. The number of hydrogen-bond donors (Lipinski definition) is 0. The molecule has 0 spiro atoms. The molecule has 0 aliphatic heterocycles. The smallest absolute Gasteiger partial charge is 0.405 e. The number of carbonyl (C=O) groups is 1. The molecule has 0 atom stereocenters. The lowest BCUT2D eigenvalue weighted by Gasteiger charge is -2.01. The molecule has 7 heteroatoms. The Morgan fingerprint density at radius 3 is 2.26 bits per heavy atom. The minimum absolute atomic E-state index is 0.206. The van der Waals surface area contributed by atoms with E-state index in [1.807, 2.05) is 6.07 Å². The van der Waals surface area contributed by atoms with Crippen LogP contribution in [0.15, 0.2) is 66.9 Å². The number of aromatic nitrogens is 2. The average Bonchev–Trinajstić information content (AvgIpc) is 3.02. The summed E-state index contributed by atoms with van der Waals surface area (Å²) in [7, 11) is 0. The van der Waals surface area contributed by atoms with E-state index in [9.17, 15) is 14.9 Å². The lowest BCUT2D eigenvalue weighted by atomic mass is 10.3. The molecule has 114 valence electrons. The van der Waals surface area contributed by atoms with Crippen LogP contribution in [0, 0.1) is 10.1 Å². The molecule has 0 bridgehead atoms. The predicted molar refractivity (Wildman–Crippen MR) is 81.6 cm³/mol. The lowest BCUT2D eigenvalue weighted by molar-refractivity contribution is -0.390. The third-order valence-corrected chi connectivity index (χ3v) is 3.06. The monoisotopic (exact) mass is 309 g/mol. The van der Waals surface area contributed by atoms with E-state index < -0.39 is 16.7 Å². The maximum atomic E-state index is 12.2. The molecule has 1 aromatic heterocycles. The summed E-state index contributed by atoms with van der Waals surface area (Å²) in [5, 5.41) is 15.0. The molecule has 7 nitrogen and oxygen atoms in total. The predicted octanol–water partition coefficient (Wildman–Crippen LogP) is 3.00. The average molecular weight is 309 g/mol. The summed E-state index contributed by atoms with van der Waals surface area (Å²) < 4.78 is 6.42. The number of ether oxygens (including phenoxy) is 1. The Hall–Kier alpha value is -3.48. The highest BCUT2D eigenvalue weighted by Gasteiger charge is 2.28. The van der Waals surface area contributed by atoms with Crippen LogP contribution >= 0.6 is 0 Å². The molecular formula is C16H11N3O4. The summed E-state index contributed by atoms with van der Waals surface area (Å²) in [5.74, 6) is -1.07. The van der Waals surface area contributed by atoms with E-state index in [0.717, 1.165) is 0 Å². The molecule has 0 aliphatic carbocycles. The molecule has 3 rings (SSSR count). The highest BCUT2D eigenvalue weighted by molar-refractivity contribution is 5.94. The van der Waals surface area contributed by atoms with Crippen molar-refractivity contribution in [1.29, 1.82) is 0 Å². The van der Waals surface area contributed by atoms with Gasteiger partial charge >= 0.3 is 11.8 Å². The highest BCUT2D eigenvalue weighted by Crippen LogP contribution is 2.21. The Morgan fingerprint density at radius 1 is 1.04 bits per heavy atom. The van der Waals surface area contributed by atoms with Crippen LogP contribution in [0.4, 0.5) is 5.82 Å². The van der Waals surface area contributed by atoms with Crippen molar-refractivity contribution in [3.8, 4) is 11.4 Å². The number of para-hydroxylation sites is 2. The van der Waals surface area contributed by atoms with E-state index in [1.54, 1.807) is 54.6 Å². The maximum Gasteiger partial charge on any atom is 0.405 e. The first kappa shape index (κ1) is 14.5. The summed E-state index contributed by atoms with van der Waals surface area (Å²) in [6.07, 6.45) is 1.29. The second-order valence-corrected chi connectivity index (χ2v) is 4.61. The fraction of sp³-hybridized carbons (Fsp3) is 0. The second kappa shape index (κ2) is 6.10. The topological polar surface area (TPSA) is 87.3 Å². The van der Waals surface area contributed by atoms with Crippen LogP contribution in [-0.2, 0) is 0 Å². The van der Waals surface area contributed by atoms with Gasteiger partial charge in [0, 0.05) is 0 Å². The normalized spacial score (nSPS) is 10.3. The quantitative estimate of drug-likeness (QED) is 0.320. The van der Waals surface area contributed by atoms with Crippen LogP contribution in [0.3, 0.4) is 0 Å². The highest BCUT2D eigenvalue weighted by atomic mass is 16.6. The molecule has 1 heterocycles. The van der Waals surface area contributed by atoms with Crippen LogP contribution in [-0.4, -0.2) is 20.7 Å². The van der Waals surface area contributed by atoms with Crippen molar-refractivity contribution in [2.45, 2.75) is 0 Å². The van der Waals surface area contributed by atoms with Gasteiger partial charge in [0.25, 0.3) is 0 Å². The van der Waals surface area contributed by atoms with E-state index in [-0.39, 0.29) is 5.56 Å². The Morgan fingerprint density at radius 2 is 1.65 bits per heavy atom. The van der Waals surface area contributed by atoms with Crippen LogP contribution < -0.4 is 4.74 Å². The van der Waals surface area contributed by atoms with Gasteiger partial charge < -0.3 is 14.9 Å². The number of hydrogen-bond acceptors (Lipinski definition) is 5. The summed E-state index contributed by atoms with van der Waals surface area (Å²) >= 11 is 0. The van der Waals surface area contributed by atoms with E-state index in [1.165, 1.54) is 10.9 Å². The van der Waals surface area contributed by atoms with E-state index in [4.69, 9.17) is 4.74 Å². The first-order valence-electron chi connectivity index (χ1n) is 6.72. The molecular weight excluding hydrogens is 298 g/mol. The molecule has 0 amide bonds. The Labute approximate surface area is 130 Å². The van der Waals surface area contributed by atoms with Gasteiger partial charge in [-0.05, 0) is 29.2 Å². The van der Waals surface area contributed by atoms with Crippen molar-refractivity contribution in [3.63, 3.8) is 0 Å². The first-order chi connectivity index (χ1) is 11.1. The van der Waals surface area contributed by atoms with Crippen LogP contribution in [0.25, 0.3) is 5.69 Å². The molecule has 0 radical (unpaired) electrons. The van der Waals surface area contributed by atoms with Gasteiger partial charge in [-0.3, -0.25) is 0 Å². The molecule has 0 fully saturated rings. The van der Waals surface area contributed by atoms with Gasteiger partial charge in [0.1, 0.15) is 5.75 Å². The van der Waals surface area contributed by atoms with E-state index in [0.29, 0.717) is 11.4 Å². The Kier molecular flexibility index (Phi) is 3.84. The molecule has 0 saturated heterocycles. The van der Waals surface area contributed by atoms with E-state index >= 15 is 0 Å². The summed E-state index contributed by atoms with van der Waals surface area (Å²) in [6, 6.07) is 17.1. The van der Waals surface area contributed by atoms with Crippen molar-refractivity contribution >= 4 is 11.8 Å². The molecule has 2 aromatic carbocycles. The van der Waals surface area contributed by atoms with Gasteiger partial charge in [0.2, 0.25) is 0 Å². The summed E-state index contributed by atoms with van der Waals surface area (Å²) in [5.41, 5.74) is 0.400. The summed E-state index contributed by atoms with van der Waals surface area (Å²) in [6.45, 7) is 0. The van der Waals surface area contributed by atoms with Crippen LogP contribution in [0.1, 0.15) is 10.4 Å². The van der Waals surface area contributed by atoms with Gasteiger partial charge in [-0.1, -0.05) is 36.4 Å². The van der Waals surface area contributed by atoms with E-state index in [2.05, 4.69) is 5.10 Å². The Bertz CT molecular complexity index is 844. The SMILES string of the molecule is O=C(Oc1ccccc1)c1cn(-c2ccccc2)nc1[N+](=O)[O-]. The van der Waals surface area contributed by atoms with Crippen LogP contribution in [0.5, 0.6) is 5.75 Å². The fourth-order valence-electron chi connectivity index (χ4n) is 2.01. The van der Waals surface area contributed by atoms with Crippen LogP contribution in [0.2, 0.25) is 0 Å². The zero-order valence-electron chi connectivity index (χ0n) is 11.8. The number of nitro groups is 1. The second-order valence-electron chi connectivity index (χ2n) is 4.61.